The van der Waals surface area contributed by atoms with E-state index in [9.17, 15) is 13.5 Å². The van der Waals surface area contributed by atoms with Crippen LogP contribution in [0.25, 0.3) is 0 Å². The highest BCUT2D eigenvalue weighted by Gasteiger charge is 2.28. The van der Waals surface area contributed by atoms with Crippen LogP contribution < -0.4 is 0 Å². The minimum Gasteiger partial charge on any atom is -0.392 e. The van der Waals surface area contributed by atoms with E-state index in [1.54, 1.807) is 0 Å². The normalized spacial score (nSPS) is 21.7. The molecule has 1 aromatic heterocycles. The number of halogens is 1. The highest BCUT2D eigenvalue weighted by atomic mass is 79.9. The number of nitrogens with zero attached hydrogens (tertiary/aromatic N) is 1. The first-order valence-electron chi connectivity index (χ1n) is 5.96. The number of hydrogen-bond donors (Lipinski definition) is 1. The molecule has 0 radical (unpaired) electrons. The van der Waals surface area contributed by atoms with E-state index in [1.165, 1.54) is 0 Å². The number of hydrogen-bond acceptors (Lipinski definition) is 4. The Morgan fingerprint density at radius 3 is 2.67 bits per heavy atom. The monoisotopic (exact) mass is 333 g/mol. The summed E-state index contributed by atoms with van der Waals surface area (Å²) < 4.78 is 23.4. The van der Waals surface area contributed by atoms with Gasteiger partial charge in [-0.15, -0.1) is 0 Å². The summed E-state index contributed by atoms with van der Waals surface area (Å²) in [6.07, 6.45) is 1.07. The molecule has 1 N–H and O–H groups in total. The molecule has 1 fully saturated rings. The van der Waals surface area contributed by atoms with Crippen LogP contribution in [0.15, 0.2) is 22.8 Å². The maximum absolute atomic E-state index is 11.3. The van der Waals surface area contributed by atoms with Gasteiger partial charge >= 0.3 is 0 Å². The first-order chi connectivity index (χ1) is 8.46. The Kier molecular flexibility index (Phi) is 4.40. The van der Waals surface area contributed by atoms with E-state index in [-0.39, 0.29) is 17.4 Å². The first kappa shape index (κ1) is 14.0. The zero-order valence-corrected chi connectivity index (χ0v) is 12.3. The van der Waals surface area contributed by atoms with Crippen LogP contribution >= 0.6 is 15.9 Å². The predicted octanol–water partition coefficient (Wildman–Crippen LogP) is 1.57. The molecule has 100 valence electrons. The summed E-state index contributed by atoms with van der Waals surface area (Å²) in [5.41, 5.74) is 0.824. The van der Waals surface area contributed by atoms with Crippen LogP contribution in [0.4, 0.5) is 0 Å². The van der Waals surface area contributed by atoms with E-state index in [4.69, 9.17) is 0 Å². The summed E-state index contributed by atoms with van der Waals surface area (Å²) >= 11 is 3.29. The molecule has 0 aromatic carbocycles. The second-order valence-electron chi connectivity index (χ2n) is 4.71. The predicted molar refractivity (Wildman–Crippen MR) is 73.0 cm³/mol. The van der Waals surface area contributed by atoms with E-state index < -0.39 is 15.9 Å². The van der Waals surface area contributed by atoms with Crippen molar-refractivity contribution in [2.24, 2.45) is 5.92 Å². The quantitative estimate of drug-likeness (QED) is 0.852. The molecule has 0 amide bonds. The molecule has 0 aliphatic carbocycles. The fourth-order valence-corrected chi connectivity index (χ4v) is 4.15. The minimum absolute atomic E-state index is 0.0642. The topological polar surface area (TPSA) is 67.3 Å². The summed E-state index contributed by atoms with van der Waals surface area (Å²) in [6.45, 7) is 0. The number of rotatable bonds is 3. The number of pyridine rings is 1. The van der Waals surface area contributed by atoms with Gasteiger partial charge in [0.05, 0.1) is 17.6 Å². The average molecular weight is 334 g/mol. The Hall–Kier alpha value is -0.460. The molecule has 1 unspecified atom stereocenters. The lowest BCUT2D eigenvalue weighted by Gasteiger charge is -2.26. The lowest BCUT2D eigenvalue weighted by Crippen LogP contribution is -2.32. The van der Waals surface area contributed by atoms with Crippen molar-refractivity contribution in [1.82, 2.24) is 4.98 Å². The van der Waals surface area contributed by atoms with Gasteiger partial charge in [-0.25, -0.2) is 13.4 Å². The van der Waals surface area contributed by atoms with Crippen molar-refractivity contribution >= 4 is 25.8 Å². The fraction of sp³-hybridized carbons (Fsp3) is 0.583. The largest absolute Gasteiger partial charge is 0.392 e. The van der Waals surface area contributed by atoms with Gasteiger partial charge in [0.2, 0.25) is 0 Å². The second-order valence-corrected chi connectivity index (χ2v) is 7.83. The van der Waals surface area contributed by atoms with E-state index in [0.29, 0.717) is 19.3 Å². The number of sulfone groups is 1. The molecule has 0 saturated carbocycles. The molecule has 1 saturated heterocycles. The second kappa shape index (κ2) is 5.67. The third kappa shape index (κ3) is 3.76. The smallest absolute Gasteiger partial charge is 0.150 e. The number of aliphatic hydroxyl groups is 1. The highest BCUT2D eigenvalue weighted by Crippen LogP contribution is 2.24. The van der Waals surface area contributed by atoms with E-state index >= 15 is 0 Å². The Labute approximate surface area is 115 Å². The maximum atomic E-state index is 11.3. The minimum atomic E-state index is -2.86. The Morgan fingerprint density at radius 2 is 2.06 bits per heavy atom. The van der Waals surface area contributed by atoms with E-state index in [2.05, 4.69) is 20.9 Å². The number of aromatic nitrogens is 1. The third-order valence-corrected chi connectivity index (χ3v) is 5.49. The lowest BCUT2D eigenvalue weighted by molar-refractivity contribution is 0.101. The highest BCUT2D eigenvalue weighted by molar-refractivity contribution is 9.10. The summed E-state index contributed by atoms with van der Waals surface area (Å²) in [4.78, 5) is 4.28. The van der Waals surface area contributed by atoms with Crippen molar-refractivity contribution in [2.45, 2.75) is 25.4 Å². The lowest BCUT2D eigenvalue weighted by atomic mass is 9.93. The van der Waals surface area contributed by atoms with Crippen LogP contribution in [0.3, 0.4) is 0 Å². The molecule has 1 aliphatic heterocycles. The molecule has 2 rings (SSSR count). The van der Waals surface area contributed by atoms with Crippen molar-refractivity contribution in [3.8, 4) is 0 Å². The van der Waals surface area contributed by atoms with Gasteiger partial charge in [-0.05, 0) is 46.8 Å². The molecule has 18 heavy (non-hydrogen) atoms. The van der Waals surface area contributed by atoms with E-state index in [0.717, 1.165) is 10.3 Å². The van der Waals surface area contributed by atoms with Gasteiger partial charge in [-0.2, -0.15) is 0 Å². The van der Waals surface area contributed by atoms with E-state index in [1.807, 2.05) is 18.2 Å². The van der Waals surface area contributed by atoms with Gasteiger partial charge in [-0.3, -0.25) is 0 Å². The summed E-state index contributed by atoms with van der Waals surface area (Å²) in [5.74, 6) is 0.454. The first-order valence-corrected chi connectivity index (χ1v) is 8.58. The average Bonchev–Trinajstić information content (AvgIpc) is 2.28. The zero-order chi connectivity index (χ0) is 13.2. The Morgan fingerprint density at radius 1 is 1.39 bits per heavy atom. The molecule has 2 heterocycles. The van der Waals surface area contributed by atoms with Crippen molar-refractivity contribution in [3.63, 3.8) is 0 Å². The van der Waals surface area contributed by atoms with Crippen LogP contribution in [-0.4, -0.2) is 36.1 Å². The van der Waals surface area contributed by atoms with Gasteiger partial charge in [0.15, 0.2) is 0 Å². The summed E-state index contributed by atoms with van der Waals surface area (Å²) in [5, 5.41) is 10.1. The standard InChI is InChI=1S/C12H16BrNO3S/c13-12-3-1-2-10(14-12)8-11(15)9-4-6-18(16,17)7-5-9/h1-3,9,11,15H,4-8H2. The Bertz CT molecular complexity index is 504. The van der Waals surface area contributed by atoms with Crippen LogP contribution in [0.2, 0.25) is 0 Å². The maximum Gasteiger partial charge on any atom is 0.150 e. The van der Waals surface area contributed by atoms with Gasteiger partial charge in [0, 0.05) is 12.1 Å². The molecular formula is C12H16BrNO3S. The van der Waals surface area contributed by atoms with Crippen molar-refractivity contribution in [2.75, 3.05) is 11.5 Å². The van der Waals surface area contributed by atoms with Crippen molar-refractivity contribution < 1.29 is 13.5 Å². The van der Waals surface area contributed by atoms with Crippen LogP contribution in [0.1, 0.15) is 18.5 Å². The summed E-state index contributed by atoms with van der Waals surface area (Å²) in [6, 6.07) is 5.58. The van der Waals surface area contributed by atoms with Gasteiger partial charge in [0.25, 0.3) is 0 Å². The SMILES string of the molecule is O=S1(=O)CCC(C(O)Cc2cccc(Br)n2)CC1. The van der Waals surface area contributed by atoms with Crippen LogP contribution in [-0.2, 0) is 16.3 Å². The van der Waals surface area contributed by atoms with Crippen LogP contribution in [0.5, 0.6) is 0 Å². The molecule has 1 aromatic rings. The molecule has 1 aliphatic rings. The third-order valence-electron chi connectivity index (χ3n) is 3.33. The summed E-state index contributed by atoms with van der Waals surface area (Å²) in [7, 11) is -2.86. The van der Waals surface area contributed by atoms with Gasteiger partial charge in [0.1, 0.15) is 14.4 Å². The van der Waals surface area contributed by atoms with Crippen molar-refractivity contribution in [3.05, 3.63) is 28.5 Å². The molecule has 0 spiro atoms. The molecule has 0 bridgehead atoms. The molecule has 1 atom stereocenters. The molecular weight excluding hydrogens is 318 g/mol. The van der Waals surface area contributed by atoms with Gasteiger partial charge in [-0.1, -0.05) is 6.07 Å². The zero-order valence-electron chi connectivity index (χ0n) is 9.92. The number of aliphatic hydroxyl groups excluding tert-OH is 1. The van der Waals surface area contributed by atoms with Crippen molar-refractivity contribution in [1.29, 1.82) is 0 Å². The Balaban J connectivity index is 1.95. The van der Waals surface area contributed by atoms with Gasteiger partial charge < -0.3 is 5.11 Å². The molecule has 6 heteroatoms. The molecule has 4 nitrogen and oxygen atoms in total. The van der Waals surface area contributed by atoms with Crippen LogP contribution in [0, 0.1) is 5.92 Å². The fourth-order valence-electron chi connectivity index (χ4n) is 2.24.